The predicted octanol–water partition coefficient (Wildman–Crippen LogP) is 0.961. The Labute approximate surface area is 96.3 Å². The standard InChI is InChI=1S/C10H19NO4S/c12-10(13)8-16(14,15)11-7-3-6-9-4-1-2-5-9/h9,11H,1-8H2,(H,12,13). The summed E-state index contributed by atoms with van der Waals surface area (Å²) in [5, 5.41) is 8.36. The van der Waals surface area contributed by atoms with Gasteiger partial charge < -0.3 is 5.11 Å². The normalized spacial score (nSPS) is 17.8. The third-order valence-electron chi connectivity index (χ3n) is 2.90. The maximum absolute atomic E-state index is 11.1. The van der Waals surface area contributed by atoms with E-state index in [0.29, 0.717) is 6.54 Å². The zero-order chi connectivity index (χ0) is 12.0. The van der Waals surface area contributed by atoms with Crippen LogP contribution in [0.25, 0.3) is 0 Å². The van der Waals surface area contributed by atoms with Gasteiger partial charge in [-0.1, -0.05) is 25.7 Å². The van der Waals surface area contributed by atoms with Crippen LogP contribution in [0.1, 0.15) is 38.5 Å². The molecule has 0 atom stereocenters. The van der Waals surface area contributed by atoms with E-state index in [-0.39, 0.29) is 0 Å². The Morgan fingerprint density at radius 3 is 2.50 bits per heavy atom. The van der Waals surface area contributed by atoms with Crippen molar-refractivity contribution in [2.75, 3.05) is 12.3 Å². The van der Waals surface area contributed by atoms with Gasteiger partial charge in [0.2, 0.25) is 10.0 Å². The van der Waals surface area contributed by atoms with Gasteiger partial charge in [0, 0.05) is 6.54 Å². The molecule has 0 radical (unpaired) electrons. The summed E-state index contributed by atoms with van der Waals surface area (Å²) in [6.07, 6.45) is 6.91. The van der Waals surface area contributed by atoms with E-state index >= 15 is 0 Å². The number of hydrogen-bond donors (Lipinski definition) is 2. The van der Waals surface area contributed by atoms with Gasteiger partial charge in [0.1, 0.15) is 0 Å². The Balaban J connectivity index is 2.12. The van der Waals surface area contributed by atoms with Gasteiger partial charge in [-0.2, -0.15) is 0 Å². The van der Waals surface area contributed by atoms with Gasteiger partial charge in [0.05, 0.1) is 0 Å². The number of carboxylic acids is 1. The van der Waals surface area contributed by atoms with Gasteiger partial charge in [0.15, 0.2) is 5.75 Å². The molecule has 6 heteroatoms. The van der Waals surface area contributed by atoms with Crippen molar-refractivity contribution in [1.82, 2.24) is 4.72 Å². The van der Waals surface area contributed by atoms with E-state index in [1.54, 1.807) is 0 Å². The van der Waals surface area contributed by atoms with Crippen LogP contribution in [0, 0.1) is 5.92 Å². The zero-order valence-corrected chi connectivity index (χ0v) is 10.1. The highest BCUT2D eigenvalue weighted by Crippen LogP contribution is 2.28. The molecule has 1 saturated carbocycles. The van der Waals surface area contributed by atoms with E-state index in [4.69, 9.17) is 5.11 Å². The second kappa shape index (κ2) is 6.20. The largest absolute Gasteiger partial charge is 0.480 e. The average molecular weight is 249 g/mol. The molecule has 0 bridgehead atoms. The summed E-state index contributed by atoms with van der Waals surface area (Å²) < 4.78 is 24.6. The Kier molecular flexibility index (Phi) is 5.21. The average Bonchev–Trinajstić information content (AvgIpc) is 2.62. The lowest BCUT2D eigenvalue weighted by atomic mass is 10.0. The number of rotatable bonds is 7. The lowest BCUT2D eigenvalue weighted by Crippen LogP contribution is -2.30. The SMILES string of the molecule is O=C(O)CS(=O)(=O)NCCCC1CCCC1. The van der Waals surface area contributed by atoms with Gasteiger partial charge in [0.25, 0.3) is 0 Å². The smallest absolute Gasteiger partial charge is 0.320 e. The van der Waals surface area contributed by atoms with Crippen LogP contribution in [0.3, 0.4) is 0 Å². The first-order valence-electron chi connectivity index (χ1n) is 5.69. The van der Waals surface area contributed by atoms with Crippen molar-refractivity contribution >= 4 is 16.0 Å². The molecular formula is C10H19NO4S. The first-order chi connectivity index (χ1) is 7.49. The number of carboxylic acid groups (broad SMARTS) is 1. The number of sulfonamides is 1. The lowest BCUT2D eigenvalue weighted by Gasteiger charge is -2.08. The number of nitrogens with one attached hydrogen (secondary N) is 1. The maximum atomic E-state index is 11.1. The van der Waals surface area contributed by atoms with E-state index in [2.05, 4.69) is 4.72 Å². The fourth-order valence-corrected chi connectivity index (χ4v) is 3.01. The minimum Gasteiger partial charge on any atom is -0.480 e. The highest BCUT2D eigenvalue weighted by Gasteiger charge is 2.16. The second-order valence-electron chi connectivity index (χ2n) is 4.34. The molecule has 0 aliphatic heterocycles. The van der Waals surface area contributed by atoms with Crippen molar-refractivity contribution < 1.29 is 18.3 Å². The molecule has 94 valence electrons. The monoisotopic (exact) mass is 249 g/mol. The topological polar surface area (TPSA) is 83.5 Å². The van der Waals surface area contributed by atoms with Crippen molar-refractivity contribution in [2.24, 2.45) is 5.92 Å². The molecule has 0 aromatic heterocycles. The maximum Gasteiger partial charge on any atom is 0.320 e. The minimum absolute atomic E-state index is 0.353. The molecule has 0 aromatic carbocycles. The third kappa shape index (κ3) is 5.46. The first-order valence-corrected chi connectivity index (χ1v) is 7.34. The first kappa shape index (κ1) is 13.4. The summed E-state index contributed by atoms with van der Waals surface area (Å²) in [6, 6.07) is 0. The molecule has 1 fully saturated rings. The van der Waals surface area contributed by atoms with Gasteiger partial charge in [-0.15, -0.1) is 0 Å². The Morgan fingerprint density at radius 2 is 1.94 bits per heavy atom. The lowest BCUT2D eigenvalue weighted by molar-refractivity contribution is -0.134. The zero-order valence-electron chi connectivity index (χ0n) is 9.31. The molecule has 1 rings (SSSR count). The summed E-state index contributed by atoms with van der Waals surface area (Å²) in [5.74, 6) is -1.41. The van der Waals surface area contributed by atoms with E-state index in [9.17, 15) is 13.2 Å². The van der Waals surface area contributed by atoms with Gasteiger partial charge in [-0.05, 0) is 18.8 Å². The van der Waals surface area contributed by atoms with Crippen LogP contribution >= 0.6 is 0 Å². The van der Waals surface area contributed by atoms with Crippen LogP contribution in [0.4, 0.5) is 0 Å². The second-order valence-corrected chi connectivity index (χ2v) is 6.15. The van der Waals surface area contributed by atoms with E-state index < -0.39 is 21.7 Å². The highest BCUT2D eigenvalue weighted by atomic mass is 32.2. The quantitative estimate of drug-likeness (QED) is 0.658. The summed E-state index contributed by atoms with van der Waals surface area (Å²) in [5.41, 5.74) is 0. The van der Waals surface area contributed by atoms with E-state index in [1.807, 2.05) is 0 Å². The molecule has 2 N–H and O–H groups in total. The fraction of sp³-hybridized carbons (Fsp3) is 0.900. The molecule has 16 heavy (non-hydrogen) atoms. The van der Waals surface area contributed by atoms with Crippen LogP contribution in [-0.2, 0) is 14.8 Å². The molecule has 1 aliphatic carbocycles. The predicted molar refractivity (Wildman–Crippen MR) is 60.6 cm³/mol. The Hall–Kier alpha value is -0.620. The highest BCUT2D eigenvalue weighted by molar-refractivity contribution is 7.90. The molecule has 5 nitrogen and oxygen atoms in total. The number of aliphatic carboxylic acids is 1. The number of hydrogen-bond acceptors (Lipinski definition) is 3. The summed E-state index contributed by atoms with van der Waals surface area (Å²) >= 11 is 0. The van der Waals surface area contributed by atoms with Gasteiger partial charge in [-0.3, -0.25) is 4.79 Å². The molecule has 0 amide bonds. The third-order valence-corrected chi connectivity index (χ3v) is 4.17. The minimum atomic E-state index is -3.63. The molecule has 0 unspecified atom stereocenters. The summed E-state index contributed by atoms with van der Waals surface area (Å²) in [4.78, 5) is 10.2. The molecule has 0 spiro atoms. The van der Waals surface area contributed by atoms with Crippen LogP contribution in [0.15, 0.2) is 0 Å². The molecule has 0 heterocycles. The van der Waals surface area contributed by atoms with Crippen molar-refractivity contribution in [1.29, 1.82) is 0 Å². The molecule has 1 aliphatic rings. The summed E-state index contributed by atoms with van der Waals surface area (Å²) in [7, 11) is -3.63. The Morgan fingerprint density at radius 1 is 1.31 bits per heavy atom. The Bertz CT molecular complexity index is 320. The molecular weight excluding hydrogens is 230 g/mol. The molecule has 0 saturated heterocycles. The van der Waals surface area contributed by atoms with Crippen molar-refractivity contribution in [3.05, 3.63) is 0 Å². The van der Waals surface area contributed by atoms with Gasteiger partial charge in [-0.25, -0.2) is 13.1 Å². The van der Waals surface area contributed by atoms with Crippen LogP contribution in [0.5, 0.6) is 0 Å². The molecule has 0 aromatic rings. The summed E-state index contributed by atoms with van der Waals surface area (Å²) in [6.45, 7) is 0.353. The van der Waals surface area contributed by atoms with E-state index in [0.717, 1.165) is 18.8 Å². The van der Waals surface area contributed by atoms with Crippen LogP contribution in [0.2, 0.25) is 0 Å². The van der Waals surface area contributed by atoms with Crippen LogP contribution < -0.4 is 4.72 Å². The van der Waals surface area contributed by atoms with Crippen molar-refractivity contribution in [3.63, 3.8) is 0 Å². The van der Waals surface area contributed by atoms with E-state index in [1.165, 1.54) is 25.7 Å². The fourth-order valence-electron chi connectivity index (χ4n) is 2.13. The van der Waals surface area contributed by atoms with Gasteiger partial charge >= 0.3 is 5.97 Å². The van der Waals surface area contributed by atoms with Crippen LogP contribution in [-0.4, -0.2) is 31.8 Å². The van der Waals surface area contributed by atoms with Crippen molar-refractivity contribution in [3.8, 4) is 0 Å². The number of carbonyl (C=O) groups is 1. The van der Waals surface area contributed by atoms with Crippen molar-refractivity contribution in [2.45, 2.75) is 38.5 Å².